The van der Waals surface area contributed by atoms with Crippen molar-refractivity contribution in [2.75, 3.05) is 6.79 Å². The lowest BCUT2D eigenvalue weighted by Gasteiger charge is -2.08. The summed E-state index contributed by atoms with van der Waals surface area (Å²) in [5.74, 6) is 1.02. The lowest BCUT2D eigenvalue weighted by atomic mass is 10.1. The van der Waals surface area contributed by atoms with Gasteiger partial charge in [-0.3, -0.25) is 4.79 Å². The van der Waals surface area contributed by atoms with Gasteiger partial charge in [0.25, 0.3) is 0 Å². The minimum absolute atomic E-state index is 0.0166. The van der Waals surface area contributed by atoms with E-state index in [1.54, 1.807) is 12.1 Å². The second kappa shape index (κ2) is 6.43. The zero-order chi connectivity index (χ0) is 17.2. The number of amides is 1. The zero-order valence-corrected chi connectivity index (χ0v) is 12.5. The molecule has 1 amide bonds. The molecule has 126 valence electrons. The third kappa shape index (κ3) is 3.79. The molecule has 0 aliphatic carbocycles. The molecule has 4 nitrogen and oxygen atoms in total. The van der Waals surface area contributed by atoms with Crippen LogP contribution in [-0.2, 0) is 23.9 Å². The second-order valence-corrected chi connectivity index (χ2v) is 5.34. The van der Waals surface area contributed by atoms with Crippen LogP contribution in [0.3, 0.4) is 0 Å². The Morgan fingerprint density at radius 3 is 2.38 bits per heavy atom. The topological polar surface area (TPSA) is 47.6 Å². The summed E-state index contributed by atoms with van der Waals surface area (Å²) in [6.07, 6.45) is -4.36. The van der Waals surface area contributed by atoms with E-state index < -0.39 is 11.7 Å². The van der Waals surface area contributed by atoms with Gasteiger partial charge in [-0.05, 0) is 35.4 Å². The minimum Gasteiger partial charge on any atom is -0.454 e. The van der Waals surface area contributed by atoms with Crippen molar-refractivity contribution in [3.8, 4) is 11.5 Å². The van der Waals surface area contributed by atoms with Crippen LogP contribution in [0.1, 0.15) is 16.7 Å². The van der Waals surface area contributed by atoms with Crippen molar-refractivity contribution in [1.82, 2.24) is 5.32 Å². The van der Waals surface area contributed by atoms with Gasteiger partial charge in [0.1, 0.15) is 0 Å². The van der Waals surface area contributed by atoms with Crippen LogP contribution >= 0.6 is 0 Å². The SMILES string of the molecule is O=C(Cc1ccc(C(F)(F)F)cc1)NCc1ccc2c(c1)OCO2. The Labute approximate surface area is 136 Å². The van der Waals surface area contributed by atoms with E-state index in [-0.39, 0.29) is 19.1 Å². The lowest BCUT2D eigenvalue weighted by molar-refractivity contribution is -0.137. The van der Waals surface area contributed by atoms with Crippen LogP contribution in [0.5, 0.6) is 11.5 Å². The molecular weight excluding hydrogens is 323 g/mol. The van der Waals surface area contributed by atoms with Crippen LogP contribution < -0.4 is 14.8 Å². The number of hydrogen-bond donors (Lipinski definition) is 1. The molecule has 1 N–H and O–H groups in total. The van der Waals surface area contributed by atoms with Gasteiger partial charge in [-0.25, -0.2) is 0 Å². The fraction of sp³-hybridized carbons (Fsp3) is 0.235. The summed E-state index contributed by atoms with van der Waals surface area (Å²) in [5, 5.41) is 2.73. The number of halogens is 3. The summed E-state index contributed by atoms with van der Waals surface area (Å²) in [4.78, 5) is 11.9. The number of fused-ring (bicyclic) bond motifs is 1. The van der Waals surface area contributed by atoms with Gasteiger partial charge in [0.2, 0.25) is 12.7 Å². The average molecular weight is 337 g/mol. The highest BCUT2D eigenvalue weighted by Crippen LogP contribution is 2.32. The molecule has 0 saturated heterocycles. The fourth-order valence-electron chi connectivity index (χ4n) is 2.31. The average Bonchev–Trinajstić information content (AvgIpc) is 3.00. The molecule has 0 unspecified atom stereocenters. The second-order valence-electron chi connectivity index (χ2n) is 5.34. The van der Waals surface area contributed by atoms with Crippen LogP contribution in [-0.4, -0.2) is 12.7 Å². The Morgan fingerprint density at radius 2 is 1.67 bits per heavy atom. The van der Waals surface area contributed by atoms with E-state index in [1.807, 2.05) is 6.07 Å². The number of nitrogens with one attached hydrogen (secondary N) is 1. The van der Waals surface area contributed by atoms with Gasteiger partial charge in [0, 0.05) is 6.54 Å². The highest BCUT2D eigenvalue weighted by molar-refractivity contribution is 5.78. The van der Waals surface area contributed by atoms with Crippen LogP contribution in [0.15, 0.2) is 42.5 Å². The molecule has 0 fully saturated rings. The molecule has 1 heterocycles. The Balaban J connectivity index is 1.54. The molecule has 3 rings (SSSR count). The van der Waals surface area contributed by atoms with Crippen molar-refractivity contribution < 1.29 is 27.4 Å². The van der Waals surface area contributed by atoms with E-state index in [4.69, 9.17) is 9.47 Å². The maximum atomic E-state index is 12.5. The zero-order valence-electron chi connectivity index (χ0n) is 12.5. The summed E-state index contributed by atoms with van der Waals surface area (Å²) in [6.45, 7) is 0.481. The van der Waals surface area contributed by atoms with Crippen molar-refractivity contribution in [2.45, 2.75) is 19.1 Å². The maximum Gasteiger partial charge on any atom is 0.416 e. The molecule has 0 radical (unpaired) electrons. The van der Waals surface area contributed by atoms with Crippen molar-refractivity contribution in [2.24, 2.45) is 0 Å². The number of rotatable bonds is 4. The predicted molar refractivity (Wildman–Crippen MR) is 79.6 cm³/mol. The predicted octanol–water partition coefficient (Wildman–Crippen LogP) is 3.29. The molecular formula is C17H14F3NO3. The molecule has 0 saturated carbocycles. The van der Waals surface area contributed by atoms with Gasteiger partial charge in [-0.1, -0.05) is 18.2 Å². The fourth-order valence-corrected chi connectivity index (χ4v) is 2.31. The lowest BCUT2D eigenvalue weighted by Crippen LogP contribution is -2.24. The van der Waals surface area contributed by atoms with E-state index in [9.17, 15) is 18.0 Å². The summed E-state index contributed by atoms with van der Waals surface area (Å²) in [6, 6.07) is 9.92. The molecule has 0 spiro atoms. The van der Waals surface area contributed by atoms with Gasteiger partial charge in [-0.2, -0.15) is 13.2 Å². The number of carbonyl (C=O) groups is 1. The van der Waals surface area contributed by atoms with Gasteiger partial charge < -0.3 is 14.8 Å². The first-order chi connectivity index (χ1) is 11.4. The van der Waals surface area contributed by atoms with Crippen molar-refractivity contribution >= 4 is 5.91 Å². The van der Waals surface area contributed by atoms with E-state index in [0.29, 0.717) is 23.6 Å². The van der Waals surface area contributed by atoms with E-state index in [1.165, 1.54) is 12.1 Å². The first kappa shape index (κ1) is 16.2. The molecule has 1 aliphatic rings. The molecule has 0 aromatic heterocycles. The number of carbonyl (C=O) groups excluding carboxylic acids is 1. The van der Waals surface area contributed by atoms with Gasteiger partial charge >= 0.3 is 6.18 Å². The molecule has 1 aliphatic heterocycles. The largest absolute Gasteiger partial charge is 0.454 e. The van der Waals surface area contributed by atoms with Crippen LogP contribution in [0, 0.1) is 0 Å². The normalized spacial score (nSPS) is 13.0. The van der Waals surface area contributed by atoms with Gasteiger partial charge in [0.05, 0.1) is 12.0 Å². The third-order valence-electron chi connectivity index (χ3n) is 3.57. The number of ether oxygens (including phenoxy) is 2. The number of benzene rings is 2. The minimum atomic E-state index is -4.37. The summed E-state index contributed by atoms with van der Waals surface area (Å²) in [7, 11) is 0. The smallest absolute Gasteiger partial charge is 0.416 e. The monoisotopic (exact) mass is 337 g/mol. The van der Waals surface area contributed by atoms with E-state index in [0.717, 1.165) is 17.7 Å². The number of alkyl halides is 3. The summed E-state index contributed by atoms with van der Waals surface area (Å²) >= 11 is 0. The van der Waals surface area contributed by atoms with Gasteiger partial charge in [-0.15, -0.1) is 0 Å². The van der Waals surface area contributed by atoms with E-state index in [2.05, 4.69) is 5.32 Å². The molecule has 0 bridgehead atoms. The first-order valence-corrected chi connectivity index (χ1v) is 7.23. The maximum absolute atomic E-state index is 12.5. The van der Waals surface area contributed by atoms with E-state index >= 15 is 0 Å². The highest BCUT2D eigenvalue weighted by atomic mass is 19.4. The molecule has 2 aromatic carbocycles. The standard InChI is InChI=1S/C17H14F3NO3/c18-17(19,20)13-4-1-11(2-5-13)8-16(22)21-9-12-3-6-14-15(7-12)24-10-23-14/h1-7H,8-10H2,(H,21,22). The molecule has 2 aromatic rings. The van der Waals surface area contributed by atoms with Crippen molar-refractivity contribution in [3.05, 3.63) is 59.2 Å². The highest BCUT2D eigenvalue weighted by Gasteiger charge is 2.29. The van der Waals surface area contributed by atoms with Crippen molar-refractivity contribution in [1.29, 1.82) is 0 Å². The van der Waals surface area contributed by atoms with Gasteiger partial charge in [0.15, 0.2) is 11.5 Å². The number of hydrogen-bond acceptors (Lipinski definition) is 3. The Morgan fingerprint density at radius 1 is 1.00 bits per heavy atom. The quantitative estimate of drug-likeness (QED) is 0.931. The Bertz CT molecular complexity index is 742. The summed E-state index contributed by atoms with van der Waals surface area (Å²) in [5.41, 5.74) is 0.637. The first-order valence-electron chi connectivity index (χ1n) is 7.23. The Hall–Kier alpha value is -2.70. The molecule has 0 atom stereocenters. The summed E-state index contributed by atoms with van der Waals surface area (Å²) < 4.78 is 47.9. The molecule has 24 heavy (non-hydrogen) atoms. The molecule has 7 heteroatoms. The van der Waals surface area contributed by atoms with Crippen LogP contribution in [0.4, 0.5) is 13.2 Å². The van der Waals surface area contributed by atoms with Crippen molar-refractivity contribution in [3.63, 3.8) is 0 Å². The third-order valence-corrected chi connectivity index (χ3v) is 3.57. The van der Waals surface area contributed by atoms with Crippen LogP contribution in [0.25, 0.3) is 0 Å². The Kier molecular flexibility index (Phi) is 4.33. The van der Waals surface area contributed by atoms with Crippen LogP contribution in [0.2, 0.25) is 0 Å².